The number of carbonyl (C=O) groups is 4. The smallest absolute Gasteiger partial charge is 0.462 e. The lowest BCUT2D eigenvalue weighted by Gasteiger charge is -2.21. The normalized spacial score (nSPS) is 14.0. The second-order valence-corrected chi connectivity index (χ2v) is 32.4. The van der Waals surface area contributed by atoms with Crippen molar-refractivity contribution in [1.82, 2.24) is 0 Å². The number of phosphoric ester groups is 2. The van der Waals surface area contributed by atoms with Gasteiger partial charge in [0.1, 0.15) is 19.3 Å². The lowest BCUT2D eigenvalue weighted by molar-refractivity contribution is -0.161. The van der Waals surface area contributed by atoms with Gasteiger partial charge in [-0.15, -0.1) is 0 Å². The zero-order valence-corrected chi connectivity index (χ0v) is 65.3. The van der Waals surface area contributed by atoms with Crippen LogP contribution in [0.25, 0.3) is 0 Å². The average Bonchev–Trinajstić information content (AvgIpc) is 1.33. The summed E-state index contributed by atoms with van der Waals surface area (Å²) < 4.78 is 68.6. The second-order valence-electron chi connectivity index (χ2n) is 29.5. The summed E-state index contributed by atoms with van der Waals surface area (Å²) >= 11 is 0. The minimum absolute atomic E-state index is 0.106. The van der Waals surface area contributed by atoms with Gasteiger partial charge in [0.2, 0.25) is 0 Å². The molecule has 17 nitrogen and oxygen atoms in total. The van der Waals surface area contributed by atoms with Gasteiger partial charge in [0.15, 0.2) is 12.2 Å². The van der Waals surface area contributed by atoms with E-state index in [-0.39, 0.29) is 25.7 Å². The molecule has 0 rings (SSSR count). The zero-order chi connectivity index (χ0) is 71.6. The topological polar surface area (TPSA) is 237 Å². The van der Waals surface area contributed by atoms with Gasteiger partial charge in [-0.25, -0.2) is 9.13 Å². The highest BCUT2D eigenvalue weighted by atomic mass is 31.2. The number of phosphoric acid groups is 2. The highest BCUT2D eigenvalue weighted by Gasteiger charge is 2.30. The Morgan fingerprint density at radius 3 is 0.701 bits per heavy atom. The third-order valence-electron chi connectivity index (χ3n) is 18.1. The third kappa shape index (κ3) is 72.2. The highest BCUT2D eigenvalue weighted by molar-refractivity contribution is 7.47. The van der Waals surface area contributed by atoms with Gasteiger partial charge < -0.3 is 33.8 Å². The Balaban J connectivity index is 5.23. The number of ether oxygens (including phenoxy) is 4. The highest BCUT2D eigenvalue weighted by Crippen LogP contribution is 2.45. The predicted molar refractivity (Wildman–Crippen MR) is 395 cm³/mol. The van der Waals surface area contributed by atoms with Gasteiger partial charge in [0.05, 0.1) is 26.4 Å². The van der Waals surface area contributed by atoms with Crippen LogP contribution in [0, 0.1) is 17.8 Å². The molecule has 0 aromatic heterocycles. The molecule has 0 aliphatic heterocycles. The number of hydrogen-bond acceptors (Lipinski definition) is 15. The fourth-order valence-electron chi connectivity index (χ4n) is 12.0. The molecule has 19 heteroatoms. The molecule has 0 aromatic carbocycles. The Morgan fingerprint density at radius 1 is 0.278 bits per heavy atom. The van der Waals surface area contributed by atoms with Crippen molar-refractivity contribution >= 4 is 39.5 Å². The largest absolute Gasteiger partial charge is 0.472 e. The summed E-state index contributed by atoms with van der Waals surface area (Å²) in [6.45, 7) is 11.9. The Morgan fingerprint density at radius 2 is 0.474 bits per heavy atom. The van der Waals surface area contributed by atoms with Crippen LogP contribution in [0.15, 0.2) is 0 Å². The number of unbranched alkanes of at least 4 members (excludes halogenated alkanes) is 44. The first-order chi connectivity index (χ1) is 46.7. The van der Waals surface area contributed by atoms with Crippen molar-refractivity contribution in [3.05, 3.63) is 0 Å². The molecule has 0 aliphatic carbocycles. The maximum Gasteiger partial charge on any atom is 0.472 e. The van der Waals surface area contributed by atoms with Crippen LogP contribution in [0.4, 0.5) is 0 Å². The lowest BCUT2D eigenvalue weighted by Crippen LogP contribution is -2.30. The molecule has 2 unspecified atom stereocenters. The fraction of sp³-hybridized carbons (Fsp3) is 0.949. The molecule has 0 fully saturated rings. The average molecular weight is 1420 g/mol. The van der Waals surface area contributed by atoms with Gasteiger partial charge in [-0.1, -0.05) is 350 Å². The van der Waals surface area contributed by atoms with Crippen molar-refractivity contribution in [2.75, 3.05) is 39.6 Å². The van der Waals surface area contributed by atoms with E-state index < -0.39 is 97.5 Å². The lowest BCUT2D eigenvalue weighted by atomic mass is 10.0. The van der Waals surface area contributed by atoms with Gasteiger partial charge in [-0.2, -0.15) is 0 Å². The Kier molecular flexibility index (Phi) is 67.1. The van der Waals surface area contributed by atoms with Crippen molar-refractivity contribution in [3.63, 3.8) is 0 Å². The van der Waals surface area contributed by atoms with Crippen molar-refractivity contribution in [1.29, 1.82) is 0 Å². The molecule has 0 bridgehead atoms. The Bertz CT molecular complexity index is 1890. The van der Waals surface area contributed by atoms with E-state index in [0.29, 0.717) is 31.6 Å². The van der Waals surface area contributed by atoms with E-state index in [4.69, 9.17) is 37.0 Å². The summed E-state index contributed by atoms with van der Waals surface area (Å²) in [6, 6.07) is 0. The van der Waals surface area contributed by atoms with E-state index in [2.05, 4.69) is 48.5 Å². The third-order valence-corrected chi connectivity index (χ3v) is 20.0. The number of carbonyl (C=O) groups excluding carboxylic acids is 4. The molecule has 0 aromatic rings. The number of esters is 4. The number of rotatable bonds is 76. The SMILES string of the molecule is CCCCCCCCCCCCCCCC(=O)O[C@H](COC(=O)CCCCCCCCC(C)C)COP(=O)(O)OC[C@H](O)COP(=O)(O)OC[C@@H](COC(=O)CCCCCCCCCCCCCCCCC(C)C)OC(=O)CCCCCCCCCCCCCCCCCC(C)C. The van der Waals surface area contributed by atoms with Crippen molar-refractivity contribution < 1.29 is 80.2 Å². The summed E-state index contributed by atoms with van der Waals surface area (Å²) in [5, 5.41) is 10.6. The molecule has 0 radical (unpaired) electrons. The molecule has 3 N–H and O–H groups in total. The molecule has 5 atom stereocenters. The maximum atomic E-state index is 13.1. The molecule has 0 spiro atoms. The van der Waals surface area contributed by atoms with Crippen LogP contribution >= 0.6 is 15.6 Å². The van der Waals surface area contributed by atoms with Crippen LogP contribution in [0.3, 0.4) is 0 Å². The molecule has 576 valence electrons. The number of aliphatic hydroxyl groups is 1. The number of hydrogen-bond donors (Lipinski definition) is 3. The van der Waals surface area contributed by atoms with E-state index in [1.54, 1.807) is 0 Å². The molecule has 0 saturated heterocycles. The van der Waals surface area contributed by atoms with Gasteiger partial charge in [-0.05, 0) is 43.4 Å². The quantitative estimate of drug-likeness (QED) is 0.0222. The van der Waals surface area contributed by atoms with Gasteiger partial charge >= 0.3 is 39.5 Å². The number of aliphatic hydroxyl groups excluding tert-OH is 1. The van der Waals surface area contributed by atoms with Crippen LogP contribution in [0.2, 0.25) is 0 Å². The van der Waals surface area contributed by atoms with Crippen LogP contribution < -0.4 is 0 Å². The molecule has 0 heterocycles. The summed E-state index contributed by atoms with van der Waals surface area (Å²) in [4.78, 5) is 72.9. The zero-order valence-electron chi connectivity index (χ0n) is 63.5. The van der Waals surface area contributed by atoms with E-state index in [9.17, 15) is 43.2 Å². The summed E-state index contributed by atoms with van der Waals surface area (Å²) in [6.07, 6.45) is 55.6. The van der Waals surface area contributed by atoms with Crippen LogP contribution in [0.5, 0.6) is 0 Å². The van der Waals surface area contributed by atoms with E-state index in [1.165, 1.54) is 205 Å². The molecule has 97 heavy (non-hydrogen) atoms. The first-order valence-corrected chi connectivity index (χ1v) is 43.3. The van der Waals surface area contributed by atoms with Crippen molar-refractivity contribution in [2.45, 2.75) is 420 Å². The van der Waals surface area contributed by atoms with E-state index in [0.717, 1.165) is 108 Å². The molecular weight excluding hydrogens is 1270 g/mol. The molecule has 0 aliphatic rings. The molecular formula is C78H152O17P2. The van der Waals surface area contributed by atoms with Crippen LogP contribution in [-0.2, 0) is 65.4 Å². The summed E-state index contributed by atoms with van der Waals surface area (Å²) in [5.74, 6) is 0.166. The van der Waals surface area contributed by atoms with Gasteiger partial charge in [0.25, 0.3) is 0 Å². The van der Waals surface area contributed by atoms with Crippen LogP contribution in [0.1, 0.15) is 402 Å². The van der Waals surface area contributed by atoms with Gasteiger partial charge in [0, 0.05) is 25.7 Å². The molecule has 0 saturated carbocycles. The van der Waals surface area contributed by atoms with Gasteiger partial charge in [-0.3, -0.25) is 37.3 Å². The predicted octanol–water partition coefficient (Wildman–Crippen LogP) is 23.0. The molecule has 0 amide bonds. The Labute approximate surface area is 594 Å². The van der Waals surface area contributed by atoms with Crippen molar-refractivity contribution in [3.8, 4) is 0 Å². The summed E-state index contributed by atoms with van der Waals surface area (Å²) in [5.41, 5.74) is 0. The first kappa shape index (κ1) is 95.1. The maximum absolute atomic E-state index is 13.1. The fourth-order valence-corrected chi connectivity index (χ4v) is 13.5. The Hall–Kier alpha value is -1.94. The van der Waals surface area contributed by atoms with E-state index in [1.807, 2.05) is 0 Å². The summed E-state index contributed by atoms with van der Waals surface area (Å²) in [7, 11) is -9.91. The monoisotopic (exact) mass is 1420 g/mol. The van der Waals surface area contributed by atoms with Crippen LogP contribution in [-0.4, -0.2) is 96.7 Å². The minimum atomic E-state index is -4.96. The second kappa shape index (κ2) is 68.5. The standard InChI is InChI=1S/C78H152O17P2/c1-8-9-10-11-12-13-14-20-28-33-38-47-54-61-78(83)95-74(66-89-76(81)60-53-46-41-40-44-51-58-71(6)7)68-93-97(86,87)91-64-72(79)63-90-96(84,85)92-67-73(65-88-75(80)59-52-45-37-32-27-23-19-18-22-26-31-36-43-50-57-70(4)5)94-77(82)62-55-48-39-34-29-24-17-15-16-21-25-30-35-42-49-56-69(2)3/h69-74,79H,8-68H2,1-7H3,(H,84,85)(H,86,87)/t72-,73-,74-/m1/s1. The first-order valence-electron chi connectivity index (χ1n) is 40.3. The van der Waals surface area contributed by atoms with E-state index >= 15 is 0 Å². The minimum Gasteiger partial charge on any atom is -0.462 e. The van der Waals surface area contributed by atoms with Crippen molar-refractivity contribution in [2.24, 2.45) is 17.8 Å².